The maximum Gasteiger partial charge on any atom is 0.249 e. The van der Waals surface area contributed by atoms with E-state index < -0.39 is 5.41 Å². The average Bonchev–Trinajstić information content (AvgIpc) is 2.66. The molecule has 0 unspecified atom stereocenters. The summed E-state index contributed by atoms with van der Waals surface area (Å²) < 4.78 is 18.7. The van der Waals surface area contributed by atoms with E-state index in [2.05, 4.69) is 20.8 Å². The van der Waals surface area contributed by atoms with Crippen molar-refractivity contribution in [2.45, 2.75) is 37.5 Å². The number of hydrogen-bond acceptors (Lipinski definition) is 5. The molecule has 1 aromatic heterocycles. The van der Waals surface area contributed by atoms with Crippen LogP contribution in [-0.4, -0.2) is 23.0 Å². The summed E-state index contributed by atoms with van der Waals surface area (Å²) in [5.74, 6) is 0.0886. The van der Waals surface area contributed by atoms with Crippen molar-refractivity contribution in [3.63, 3.8) is 0 Å². The molecule has 1 saturated carbocycles. The molecule has 6 nitrogen and oxygen atoms in total. The van der Waals surface area contributed by atoms with E-state index in [0.29, 0.717) is 24.3 Å². The molecule has 1 fully saturated rings. The van der Waals surface area contributed by atoms with Crippen molar-refractivity contribution in [2.75, 3.05) is 12.5 Å². The van der Waals surface area contributed by atoms with Crippen LogP contribution in [0.4, 0.5) is 10.3 Å². The first-order chi connectivity index (χ1) is 12.1. The average molecular weight is 344 g/mol. The number of aromatic nitrogens is 2. The Kier molecular flexibility index (Phi) is 5.11. The quantitative estimate of drug-likeness (QED) is 0.816. The zero-order chi connectivity index (χ0) is 17.7. The number of amides is 1. The molecule has 7 heteroatoms. The normalized spacial score (nSPS) is 16.1. The van der Waals surface area contributed by atoms with Gasteiger partial charge in [-0.05, 0) is 30.5 Å². The summed E-state index contributed by atoms with van der Waals surface area (Å²) in [5.41, 5.74) is 5.38. The SMILES string of the molecule is COc1ccnc(NNC(=O)C2(c3cccc(F)c3)CCCCC2)n1. The third-order valence-corrected chi connectivity index (χ3v) is 4.65. The predicted octanol–water partition coefficient (Wildman–Crippen LogP) is 2.97. The van der Waals surface area contributed by atoms with Crippen molar-refractivity contribution in [1.82, 2.24) is 15.4 Å². The van der Waals surface area contributed by atoms with Gasteiger partial charge >= 0.3 is 0 Å². The van der Waals surface area contributed by atoms with Crippen molar-refractivity contribution < 1.29 is 13.9 Å². The van der Waals surface area contributed by atoms with Gasteiger partial charge in [-0.25, -0.2) is 9.37 Å². The maximum absolute atomic E-state index is 13.7. The Morgan fingerprint density at radius 2 is 2.04 bits per heavy atom. The van der Waals surface area contributed by atoms with E-state index in [1.807, 2.05) is 6.07 Å². The smallest absolute Gasteiger partial charge is 0.249 e. The number of carbonyl (C=O) groups is 1. The monoisotopic (exact) mass is 344 g/mol. The molecular weight excluding hydrogens is 323 g/mol. The Bertz CT molecular complexity index is 747. The highest BCUT2D eigenvalue weighted by atomic mass is 19.1. The molecule has 25 heavy (non-hydrogen) atoms. The second kappa shape index (κ2) is 7.46. The lowest BCUT2D eigenvalue weighted by Gasteiger charge is -2.36. The summed E-state index contributed by atoms with van der Waals surface area (Å²) in [6, 6.07) is 7.92. The van der Waals surface area contributed by atoms with Crippen molar-refractivity contribution in [1.29, 1.82) is 0 Å². The van der Waals surface area contributed by atoms with Gasteiger partial charge in [0.1, 0.15) is 5.82 Å². The van der Waals surface area contributed by atoms with E-state index in [-0.39, 0.29) is 17.7 Å². The number of nitrogens with zero attached hydrogens (tertiary/aromatic N) is 2. The minimum Gasteiger partial charge on any atom is -0.481 e. The van der Waals surface area contributed by atoms with Crippen LogP contribution < -0.4 is 15.6 Å². The Hall–Kier alpha value is -2.70. The van der Waals surface area contributed by atoms with Gasteiger partial charge < -0.3 is 4.74 Å². The number of hydrogen-bond donors (Lipinski definition) is 2. The molecule has 0 saturated heterocycles. The molecular formula is C18H21FN4O2. The van der Waals surface area contributed by atoms with Crippen LogP contribution in [0.15, 0.2) is 36.5 Å². The lowest BCUT2D eigenvalue weighted by molar-refractivity contribution is -0.127. The summed E-state index contributed by atoms with van der Waals surface area (Å²) in [7, 11) is 1.51. The first-order valence-electron chi connectivity index (χ1n) is 8.33. The molecule has 0 bridgehead atoms. The third-order valence-electron chi connectivity index (χ3n) is 4.65. The molecule has 0 aliphatic heterocycles. The van der Waals surface area contributed by atoms with Gasteiger partial charge in [0.05, 0.1) is 12.5 Å². The van der Waals surface area contributed by atoms with Crippen molar-refractivity contribution >= 4 is 11.9 Å². The van der Waals surface area contributed by atoms with E-state index in [0.717, 1.165) is 19.3 Å². The Morgan fingerprint density at radius 3 is 2.76 bits per heavy atom. The third kappa shape index (κ3) is 3.70. The first-order valence-corrected chi connectivity index (χ1v) is 8.33. The van der Waals surface area contributed by atoms with Gasteiger partial charge in [0.25, 0.3) is 0 Å². The van der Waals surface area contributed by atoms with Crippen LogP contribution in [0, 0.1) is 5.82 Å². The van der Waals surface area contributed by atoms with Gasteiger partial charge in [0.15, 0.2) is 0 Å². The van der Waals surface area contributed by atoms with Crippen molar-refractivity contribution in [2.24, 2.45) is 0 Å². The number of anilines is 1. The molecule has 1 aromatic carbocycles. The van der Waals surface area contributed by atoms with Crippen LogP contribution in [0.1, 0.15) is 37.7 Å². The van der Waals surface area contributed by atoms with E-state index in [9.17, 15) is 9.18 Å². The summed E-state index contributed by atoms with van der Waals surface area (Å²) in [4.78, 5) is 21.1. The number of halogens is 1. The van der Waals surface area contributed by atoms with Crippen LogP contribution in [-0.2, 0) is 10.2 Å². The number of nitrogens with one attached hydrogen (secondary N) is 2. The second-order valence-electron chi connectivity index (χ2n) is 6.15. The standard InChI is InChI=1S/C18H21FN4O2/c1-25-15-8-11-20-17(21-15)23-22-16(24)18(9-3-2-4-10-18)13-6-5-7-14(19)12-13/h5-8,11-12H,2-4,9-10H2,1H3,(H,22,24)(H,20,21,23). The molecule has 0 atom stereocenters. The Balaban J connectivity index is 1.80. The van der Waals surface area contributed by atoms with Crippen LogP contribution in [0.2, 0.25) is 0 Å². The van der Waals surface area contributed by atoms with Crippen LogP contribution in [0.3, 0.4) is 0 Å². The molecule has 1 aliphatic rings. The second-order valence-corrected chi connectivity index (χ2v) is 6.15. The number of benzene rings is 1. The van der Waals surface area contributed by atoms with E-state index in [4.69, 9.17) is 4.74 Å². The number of methoxy groups -OCH3 is 1. The molecule has 0 spiro atoms. The molecule has 1 amide bonds. The zero-order valence-corrected chi connectivity index (χ0v) is 14.1. The van der Waals surface area contributed by atoms with Gasteiger partial charge in [-0.3, -0.25) is 15.6 Å². The van der Waals surface area contributed by atoms with Gasteiger partial charge in [-0.15, -0.1) is 0 Å². The molecule has 1 heterocycles. The fraction of sp³-hybridized carbons (Fsp3) is 0.389. The van der Waals surface area contributed by atoms with Gasteiger partial charge in [-0.2, -0.15) is 4.98 Å². The van der Waals surface area contributed by atoms with Crippen molar-refractivity contribution in [3.05, 3.63) is 47.9 Å². The Morgan fingerprint density at radius 1 is 1.24 bits per heavy atom. The molecule has 2 aromatic rings. The number of ether oxygens (including phenoxy) is 1. The fourth-order valence-corrected chi connectivity index (χ4v) is 3.34. The van der Waals surface area contributed by atoms with Crippen LogP contribution in [0.5, 0.6) is 5.88 Å². The van der Waals surface area contributed by atoms with Crippen molar-refractivity contribution in [3.8, 4) is 5.88 Å². The Labute approximate surface area is 145 Å². The lowest BCUT2D eigenvalue weighted by atomic mass is 9.69. The number of hydrazine groups is 1. The zero-order valence-electron chi connectivity index (χ0n) is 14.1. The summed E-state index contributed by atoms with van der Waals surface area (Å²) in [6.45, 7) is 0. The summed E-state index contributed by atoms with van der Waals surface area (Å²) >= 11 is 0. The predicted molar refractivity (Wildman–Crippen MR) is 91.5 cm³/mol. The van der Waals surface area contributed by atoms with E-state index in [1.165, 1.54) is 25.4 Å². The first kappa shape index (κ1) is 17.1. The molecule has 2 N–H and O–H groups in total. The summed E-state index contributed by atoms with van der Waals surface area (Å²) in [5, 5.41) is 0. The fourth-order valence-electron chi connectivity index (χ4n) is 3.34. The molecule has 0 radical (unpaired) electrons. The molecule has 132 valence electrons. The minimum absolute atomic E-state index is 0.204. The molecule has 1 aliphatic carbocycles. The van der Waals surface area contributed by atoms with Gasteiger partial charge in [0.2, 0.25) is 17.7 Å². The lowest BCUT2D eigenvalue weighted by Crippen LogP contribution is -2.48. The van der Waals surface area contributed by atoms with Crippen LogP contribution in [0.25, 0.3) is 0 Å². The highest BCUT2D eigenvalue weighted by Crippen LogP contribution is 2.39. The number of rotatable bonds is 5. The minimum atomic E-state index is -0.744. The highest BCUT2D eigenvalue weighted by molar-refractivity contribution is 5.89. The highest BCUT2D eigenvalue weighted by Gasteiger charge is 2.41. The largest absolute Gasteiger partial charge is 0.481 e. The summed E-state index contributed by atoms with van der Waals surface area (Å²) in [6.07, 6.45) is 5.84. The van der Waals surface area contributed by atoms with E-state index in [1.54, 1.807) is 12.1 Å². The molecule has 3 rings (SSSR count). The van der Waals surface area contributed by atoms with E-state index >= 15 is 0 Å². The van der Waals surface area contributed by atoms with Gasteiger partial charge in [0, 0.05) is 12.3 Å². The van der Waals surface area contributed by atoms with Crippen LogP contribution >= 0.6 is 0 Å². The van der Waals surface area contributed by atoms with Gasteiger partial charge in [-0.1, -0.05) is 31.4 Å². The number of carbonyl (C=O) groups excluding carboxylic acids is 1. The topological polar surface area (TPSA) is 76.1 Å². The maximum atomic E-state index is 13.7.